The Bertz CT molecular complexity index is 3120. The van der Waals surface area contributed by atoms with Crippen molar-refractivity contribution in [2.45, 2.75) is 19.3 Å². The van der Waals surface area contributed by atoms with Gasteiger partial charge in [-0.1, -0.05) is 141 Å². The third-order valence-electron chi connectivity index (χ3n) is 11.8. The number of anilines is 3. The lowest BCUT2D eigenvalue weighted by molar-refractivity contribution is 0.660. The lowest BCUT2D eigenvalue weighted by atomic mass is 9.82. The fourth-order valence-electron chi connectivity index (χ4n) is 9.03. The molecule has 1 aliphatic rings. The highest BCUT2D eigenvalue weighted by atomic mass is 16.3. The molecule has 2 nitrogen and oxygen atoms in total. The van der Waals surface area contributed by atoms with Gasteiger partial charge in [-0.25, -0.2) is 0 Å². The molecule has 2 heteroatoms. The smallest absolute Gasteiger partial charge is 0.136 e. The van der Waals surface area contributed by atoms with Crippen molar-refractivity contribution in [3.05, 3.63) is 199 Å². The van der Waals surface area contributed by atoms with E-state index in [-0.39, 0.29) is 5.41 Å². The maximum Gasteiger partial charge on any atom is 0.136 e. The van der Waals surface area contributed by atoms with Gasteiger partial charge in [0.1, 0.15) is 11.2 Å². The highest BCUT2D eigenvalue weighted by Crippen LogP contribution is 2.51. The maximum absolute atomic E-state index is 6.18. The summed E-state index contributed by atoms with van der Waals surface area (Å²) in [6.07, 6.45) is 0. The topological polar surface area (TPSA) is 16.4 Å². The number of furan rings is 1. The van der Waals surface area contributed by atoms with E-state index in [1.807, 2.05) is 12.1 Å². The first kappa shape index (κ1) is 31.6. The molecule has 0 fully saturated rings. The fourth-order valence-corrected chi connectivity index (χ4v) is 9.03. The van der Waals surface area contributed by atoms with Gasteiger partial charge in [-0.05, 0) is 127 Å². The molecule has 11 rings (SSSR count). The van der Waals surface area contributed by atoms with Crippen molar-refractivity contribution in [3.63, 3.8) is 0 Å². The zero-order valence-electron chi connectivity index (χ0n) is 30.8. The van der Waals surface area contributed by atoms with Gasteiger partial charge in [0.15, 0.2) is 0 Å². The summed E-state index contributed by atoms with van der Waals surface area (Å²) >= 11 is 0. The van der Waals surface area contributed by atoms with Crippen LogP contribution >= 0.6 is 0 Å². The van der Waals surface area contributed by atoms with E-state index in [0.717, 1.165) is 39.0 Å². The van der Waals surface area contributed by atoms with Crippen LogP contribution in [0.3, 0.4) is 0 Å². The van der Waals surface area contributed by atoms with Crippen LogP contribution in [-0.2, 0) is 5.41 Å². The Morgan fingerprint density at radius 2 is 1.05 bits per heavy atom. The maximum atomic E-state index is 6.18. The molecule has 0 spiro atoms. The van der Waals surface area contributed by atoms with Gasteiger partial charge in [0.05, 0.1) is 0 Å². The van der Waals surface area contributed by atoms with E-state index in [1.165, 1.54) is 66.1 Å². The van der Waals surface area contributed by atoms with Gasteiger partial charge in [-0.15, -0.1) is 0 Å². The Kier molecular flexibility index (Phi) is 6.93. The van der Waals surface area contributed by atoms with Crippen LogP contribution in [0.15, 0.2) is 192 Å². The highest BCUT2D eigenvalue weighted by molar-refractivity contribution is 6.10. The Morgan fingerprint density at radius 3 is 1.96 bits per heavy atom. The predicted octanol–water partition coefficient (Wildman–Crippen LogP) is 15.0. The Morgan fingerprint density at radius 1 is 0.364 bits per heavy atom. The van der Waals surface area contributed by atoms with Gasteiger partial charge in [0, 0.05) is 33.2 Å². The summed E-state index contributed by atoms with van der Waals surface area (Å²) in [6.45, 7) is 4.68. The van der Waals surface area contributed by atoms with Crippen LogP contribution < -0.4 is 4.90 Å². The molecule has 0 saturated carbocycles. The van der Waals surface area contributed by atoms with Crippen molar-refractivity contribution in [1.29, 1.82) is 0 Å². The largest absolute Gasteiger partial charge is 0.456 e. The molecule has 0 saturated heterocycles. The van der Waals surface area contributed by atoms with E-state index in [1.54, 1.807) is 0 Å². The molecule has 0 unspecified atom stereocenters. The van der Waals surface area contributed by atoms with Crippen LogP contribution in [0.2, 0.25) is 0 Å². The molecule has 55 heavy (non-hydrogen) atoms. The molecular formula is C53H37NO. The normalized spacial score (nSPS) is 13.1. The number of rotatable bonds is 5. The zero-order valence-corrected chi connectivity index (χ0v) is 30.8. The molecule has 10 aromatic rings. The molecule has 0 N–H and O–H groups in total. The minimum absolute atomic E-state index is 0.0540. The number of para-hydroxylation sites is 1. The fraction of sp³-hybridized carbons (Fsp3) is 0.0566. The second-order valence-corrected chi connectivity index (χ2v) is 15.4. The summed E-state index contributed by atoms with van der Waals surface area (Å²) in [5.41, 5.74) is 15.3. The average Bonchev–Trinajstić information content (AvgIpc) is 3.70. The van der Waals surface area contributed by atoms with Crippen LogP contribution in [-0.4, -0.2) is 0 Å². The van der Waals surface area contributed by atoms with Gasteiger partial charge >= 0.3 is 0 Å². The molecule has 0 amide bonds. The van der Waals surface area contributed by atoms with E-state index in [4.69, 9.17) is 4.42 Å². The molecule has 9 aromatic carbocycles. The summed E-state index contributed by atoms with van der Waals surface area (Å²) in [5.74, 6) is 0. The summed E-state index contributed by atoms with van der Waals surface area (Å²) in [7, 11) is 0. The summed E-state index contributed by atoms with van der Waals surface area (Å²) in [5, 5.41) is 7.18. The third kappa shape index (κ3) is 5.02. The summed E-state index contributed by atoms with van der Waals surface area (Å²) in [4.78, 5) is 2.41. The van der Waals surface area contributed by atoms with Gasteiger partial charge in [0.2, 0.25) is 0 Å². The van der Waals surface area contributed by atoms with Crippen molar-refractivity contribution >= 4 is 60.5 Å². The molecule has 1 aromatic heterocycles. The van der Waals surface area contributed by atoms with Crippen molar-refractivity contribution in [2.24, 2.45) is 0 Å². The van der Waals surface area contributed by atoms with E-state index in [2.05, 4.69) is 195 Å². The Labute approximate surface area is 320 Å². The molecule has 260 valence electrons. The predicted molar refractivity (Wildman–Crippen MR) is 232 cm³/mol. The average molecular weight is 704 g/mol. The number of benzene rings is 9. The molecule has 0 radical (unpaired) electrons. The van der Waals surface area contributed by atoms with Crippen LogP contribution in [0, 0.1) is 0 Å². The molecule has 1 heterocycles. The SMILES string of the molecule is CC1(C)c2ccccc2-c2cc(N(c3ccc(-c4ccc5cc6oc7ccccc7c6cc5c4)cc3)c3cccc(-c4cccc5ccccc45)c3)ccc21. The number of fused-ring (bicyclic) bond motifs is 8. The third-order valence-corrected chi connectivity index (χ3v) is 11.8. The van der Waals surface area contributed by atoms with E-state index < -0.39 is 0 Å². The van der Waals surface area contributed by atoms with Gasteiger partial charge < -0.3 is 9.32 Å². The van der Waals surface area contributed by atoms with Crippen LogP contribution in [0.1, 0.15) is 25.0 Å². The Balaban J connectivity index is 1.04. The number of hydrogen-bond acceptors (Lipinski definition) is 2. The second-order valence-electron chi connectivity index (χ2n) is 15.4. The quantitative estimate of drug-likeness (QED) is 0.177. The first-order chi connectivity index (χ1) is 27.0. The van der Waals surface area contributed by atoms with Crippen molar-refractivity contribution in [1.82, 2.24) is 0 Å². The van der Waals surface area contributed by atoms with E-state index in [0.29, 0.717) is 0 Å². The van der Waals surface area contributed by atoms with Gasteiger partial charge in [0.25, 0.3) is 0 Å². The minimum atomic E-state index is -0.0540. The minimum Gasteiger partial charge on any atom is -0.456 e. The van der Waals surface area contributed by atoms with Crippen molar-refractivity contribution < 1.29 is 4.42 Å². The van der Waals surface area contributed by atoms with Gasteiger partial charge in [-0.3, -0.25) is 0 Å². The van der Waals surface area contributed by atoms with Crippen LogP contribution in [0.25, 0.3) is 76.9 Å². The number of hydrogen-bond donors (Lipinski definition) is 0. The molecule has 1 aliphatic carbocycles. The van der Waals surface area contributed by atoms with E-state index >= 15 is 0 Å². The standard InChI is InChI=1S/C53H37NO/c1-53(2)49-19-7-5-16-45(49)47-33-42(27-28-50(47)53)54(41-14-9-13-38(30-41)44-18-10-12-35-11-3-4-15-43(35)44)40-25-23-34(24-26-40)36-21-22-37-32-52-48(31-39(37)29-36)46-17-6-8-20-51(46)55-52/h3-33H,1-2H3. The monoisotopic (exact) mass is 703 g/mol. The first-order valence-electron chi connectivity index (χ1n) is 19.1. The zero-order chi connectivity index (χ0) is 36.7. The van der Waals surface area contributed by atoms with Crippen molar-refractivity contribution in [3.8, 4) is 33.4 Å². The Hall–Kier alpha value is -6.90. The van der Waals surface area contributed by atoms with Gasteiger partial charge in [-0.2, -0.15) is 0 Å². The second kappa shape index (κ2) is 12.1. The molecular weight excluding hydrogens is 667 g/mol. The lowest BCUT2D eigenvalue weighted by Gasteiger charge is -2.28. The van der Waals surface area contributed by atoms with Crippen LogP contribution in [0.5, 0.6) is 0 Å². The van der Waals surface area contributed by atoms with Crippen molar-refractivity contribution in [2.75, 3.05) is 4.90 Å². The molecule has 0 atom stereocenters. The lowest BCUT2D eigenvalue weighted by Crippen LogP contribution is -2.15. The highest BCUT2D eigenvalue weighted by Gasteiger charge is 2.35. The van der Waals surface area contributed by atoms with Crippen LogP contribution in [0.4, 0.5) is 17.1 Å². The van der Waals surface area contributed by atoms with E-state index in [9.17, 15) is 0 Å². The molecule has 0 bridgehead atoms. The summed E-state index contributed by atoms with van der Waals surface area (Å²) in [6, 6.07) is 68.6. The number of nitrogens with zero attached hydrogens (tertiary/aromatic N) is 1. The summed E-state index contributed by atoms with van der Waals surface area (Å²) < 4.78 is 6.18. The molecule has 0 aliphatic heterocycles. The first-order valence-corrected chi connectivity index (χ1v) is 19.1.